The summed E-state index contributed by atoms with van der Waals surface area (Å²) in [6, 6.07) is 18.6. The lowest BCUT2D eigenvalue weighted by molar-refractivity contribution is 0.164. The van der Waals surface area contributed by atoms with Crippen LogP contribution in [0.5, 0.6) is 0 Å². The predicted octanol–water partition coefficient (Wildman–Crippen LogP) is 4.46. The van der Waals surface area contributed by atoms with E-state index in [1.165, 1.54) is 10.5 Å². The van der Waals surface area contributed by atoms with E-state index in [0.717, 1.165) is 24.8 Å². The molecular weight excluding hydrogens is 252 g/mol. The third kappa shape index (κ3) is 4.41. The summed E-state index contributed by atoms with van der Waals surface area (Å²) in [6.07, 6.45) is 4.56. The van der Waals surface area contributed by atoms with Crippen molar-refractivity contribution in [1.29, 1.82) is 0 Å². The largest absolute Gasteiger partial charge is 0.388 e. The molecule has 0 heterocycles. The van der Waals surface area contributed by atoms with Crippen LogP contribution in [0.2, 0.25) is 0 Å². The maximum atomic E-state index is 10.2. The fraction of sp³-hybridized carbons (Fsp3) is 0.294. The van der Waals surface area contributed by atoms with Crippen molar-refractivity contribution in [3.63, 3.8) is 0 Å². The molecule has 0 bridgehead atoms. The Morgan fingerprint density at radius 1 is 1.00 bits per heavy atom. The van der Waals surface area contributed by atoms with Gasteiger partial charge in [-0.3, -0.25) is 0 Å². The van der Waals surface area contributed by atoms with Gasteiger partial charge in [0.15, 0.2) is 0 Å². The van der Waals surface area contributed by atoms with Crippen molar-refractivity contribution >= 4 is 11.8 Å². The van der Waals surface area contributed by atoms with Gasteiger partial charge in [0.05, 0.1) is 6.10 Å². The standard InChI is InChI=1S/C17H20OS/c1-19-16-12-10-15(11-13-16)17(18)9-5-8-14-6-3-2-4-7-14/h2-4,6-7,10-13,17-18H,5,8-9H2,1H3. The van der Waals surface area contributed by atoms with Gasteiger partial charge < -0.3 is 5.11 Å². The van der Waals surface area contributed by atoms with Crippen molar-refractivity contribution in [3.8, 4) is 0 Å². The number of aryl methyl sites for hydroxylation is 1. The number of thioether (sulfide) groups is 1. The summed E-state index contributed by atoms with van der Waals surface area (Å²) in [4.78, 5) is 1.24. The van der Waals surface area contributed by atoms with Gasteiger partial charge in [0.2, 0.25) is 0 Å². The molecule has 0 fully saturated rings. The second-order valence-corrected chi connectivity index (χ2v) is 5.55. The SMILES string of the molecule is CSc1ccc(C(O)CCCc2ccccc2)cc1. The van der Waals surface area contributed by atoms with Crippen LogP contribution in [0.15, 0.2) is 59.5 Å². The second kappa shape index (κ2) is 7.37. The molecule has 2 rings (SSSR count). The first-order chi connectivity index (χ1) is 9.29. The van der Waals surface area contributed by atoms with E-state index in [1.54, 1.807) is 11.8 Å². The van der Waals surface area contributed by atoms with Crippen LogP contribution in [0, 0.1) is 0 Å². The first kappa shape index (κ1) is 14.2. The summed E-state index contributed by atoms with van der Waals surface area (Å²) in [5.41, 5.74) is 2.36. The minimum Gasteiger partial charge on any atom is -0.388 e. The van der Waals surface area contributed by atoms with Crippen LogP contribution in [-0.4, -0.2) is 11.4 Å². The van der Waals surface area contributed by atoms with Crippen molar-refractivity contribution < 1.29 is 5.11 Å². The van der Waals surface area contributed by atoms with Crippen molar-refractivity contribution in [2.24, 2.45) is 0 Å². The molecule has 0 spiro atoms. The van der Waals surface area contributed by atoms with Gasteiger partial charge in [-0.1, -0.05) is 42.5 Å². The Bertz CT molecular complexity index is 478. The van der Waals surface area contributed by atoms with E-state index in [0.29, 0.717) is 0 Å². The maximum absolute atomic E-state index is 10.2. The molecule has 0 aliphatic carbocycles. The second-order valence-electron chi connectivity index (χ2n) is 4.67. The lowest BCUT2D eigenvalue weighted by atomic mass is 10.0. The summed E-state index contributed by atoms with van der Waals surface area (Å²) in [5, 5.41) is 10.2. The highest BCUT2D eigenvalue weighted by molar-refractivity contribution is 7.98. The Morgan fingerprint density at radius 3 is 2.32 bits per heavy atom. The molecule has 0 amide bonds. The molecule has 1 nitrogen and oxygen atoms in total. The van der Waals surface area contributed by atoms with Crippen LogP contribution >= 0.6 is 11.8 Å². The number of rotatable bonds is 6. The van der Waals surface area contributed by atoms with Crippen molar-refractivity contribution in [2.45, 2.75) is 30.3 Å². The highest BCUT2D eigenvalue weighted by Gasteiger charge is 2.07. The number of aliphatic hydroxyl groups excluding tert-OH is 1. The van der Waals surface area contributed by atoms with Crippen LogP contribution in [0.1, 0.15) is 30.1 Å². The highest BCUT2D eigenvalue weighted by Crippen LogP contribution is 2.22. The van der Waals surface area contributed by atoms with E-state index in [2.05, 4.69) is 42.7 Å². The molecule has 0 aliphatic rings. The first-order valence-corrected chi connectivity index (χ1v) is 7.88. The Hall–Kier alpha value is -1.25. The van der Waals surface area contributed by atoms with Gasteiger partial charge in [0, 0.05) is 4.90 Å². The molecule has 1 unspecified atom stereocenters. The zero-order valence-electron chi connectivity index (χ0n) is 11.3. The summed E-state index contributed by atoms with van der Waals surface area (Å²) in [7, 11) is 0. The van der Waals surface area contributed by atoms with Crippen molar-refractivity contribution in [3.05, 3.63) is 65.7 Å². The van der Waals surface area contributed by atoms with Crippen molar-refractivity contribution in [2.75, 3.05) is 6.26 Å². The molecule has 0 saturated heterocycles. The molecule has 0 aliphatic heterocycles. The molecule has 0 radical (unpaired) electrons. The average Bonchev–Trinajstić information content (AvgIpc) is 2.48. The van der Waals surface area contributed by atoms with Gasteiger partial charge in [-0.2, -0.15) is 0 Å². The van der Waals surface area contributed by atoms with E-state index in [4.69, 9.17) is 0 Å². The van der Waals surface area contributed by atoms with E-state index in [1.807, 2.05) is 18.2 Å². The van der Waals surface area contributed by atoms with Gasteiger partial charge in [-0.05, 0) is 48.8 Å². The maximum Gasteiger partial charge on any atom is 0.0790 e. The normalized spacial score (nSPS) is 12.3. The van der Waals surface area contributed by atoms with E-state index in [-0.39, 0.29) is 6.10 Å². The third-order valence-electron chi connectivity index (χ3n) is 3.29. The van der Waals surface area contributed by atoms with Crippen LogP contribution in [-0.2, 0) is 6.42 Å². The number of benzene rings is 2. The van der Waals surface area contributed by atoms with Crippen LogP contribution in [0.3, 0.4) is 0 Å². The minimum atomic E-state index is -0.348. The fourth-order valence-corrected chi connectivity index (χ4v) is 2.55. The zero-order chi connectivity index (χ0) is 13.5. The Kier molecular flexibility index (Phi) is 5.49. The Balaban J connectivity index is 1.82. The number of aliphatic hydroxyl groups is 1. The minimum absolute atomic E-state index is 0.348. The number of hydrogen-bond acceptors (Lipinski definition) is 2. The van der Waals surface area contributed by atoms with Gasteiger partial charge in [0.1, 0.15) is 0 Å². The average molecular weight is 272 g/mol. The van der Waals surface area contributed by atoms with Gasteiger partial charge >= 0.3 is 0 Å². The zero-order valence-corrected chi connectivity index (χ0v) is 12.1. The first-order valence-electron chi connectivity index (χ1n) is 6.65. The summed E-state index contributed by atoms with van der Waals surface area (Å²) < 4.78 is 0. The molecule has 2 aromatic carbocycles. The third-order valence-corrected chi connectivity index (χ3v) is 4.03. The van der Waals surface area contributed by atoms with Crippen LogP contribution in [0.25, 0.3) is 0 Å². The molecule has 2 heteroatoms. The van der Waals surface area contributed by atoms with E-state index < -0.39 is 0 Å². The van der Waals surface area contributed by atoms with E-state index in [9.17, 15) is 5.11 Å². The number of hydrogen-bond donors (Lipinski definition) is 1. The quantitative estimate of drug-likeness (QED) is 0.783. The lowest BCUT2D eigenvalue weighted by Gasteiger charge is -2.11. The molecule has 2 aromatic rings. The van der Waals surface area contributed by atoms with Gasteiger partial charge in [-0.15, -0.1) is 11.8 Å². The molecule has 19 heavy (non-hydrogen) atoms. The predicted molar refractivity (Wildman–Crippen MR) is 82.6 cm³/mol. The van der Waals surface area contributed by atoms with E-state index >= 15 is 0 Å². The summed E-state index contributed by atoms with van der Waals surface area (Å²) in [6.45, 7) is 0. The van der Waals surface area contributed by atoms with Gasteiger partial charge in [0.25, 0.3) is 0 Å². The molecule has 0 aromatic heterocycles. The fourth-order valence-electron chi connectivity index (χ4n) is 2.14. The van der Waals surface area contributed by atoms with Crippen LogP contribution in [0.4, 0.5) is 0 Å². The molecule has 1 N–H and O–H groups in total. The molecule has 100 valence electrons. The molecular formula is C17H20OS. The van der Waals surface area contributed by atoms with Crippen LogP contribution < -0.4 is 0 Å². The highest BCUT2D eigenvalue weighted by atomic mass is 32.2. The van der Waals surface area contributed by atoms with Gasteiger partial charge in [-0.25, -0.2) is 0 Å². The Labute approximate surface area is 119 Å². The lowest BCUT2D eigenvalue weighted by Crippen LogP contribution is -1.98. The Morgan fingerprint density at radius 2 is 1.68 bits per heavy atom. The molecule has 0 saturated carbocycles. The molecule has 1 atom stereocenters. The summed E-state index contributed by atoms with van der Waals surface area (Å²) in [5.74, 6) is 0. The monoisotopic (exact) mass is 272 g/mol. The topological polar surface area (TPSA) is 20.2 Å². The smallest absolute Gasteiger partial charge is 0.0790 e. The summed E-state index contributed by atoms with van der Waals surface area (Å²) >= 11 is 1.72. The van der Waals surface area contributed by atoms with Crippen molar-refractivity contribution in [1.82, 2.24) is 0 Å².